The number of hydrogen-bond acceptors (Lipinski definition) is 6. The van der Waals surface area contributed by atoms with Crippen LogP contribution in [0.2, 0.25) is 0 Å². The van der Waals surface area contributed by atoms with Crippen molar-refractivity contribution in [1.29, 1.82) is 0 Å². The number of anilines is 2. The zero-order chi connectivity index (χ0) is 22.1. The van der Waals surface area contributed by atoms with Gasteiger partial charge in [-0.15, -0.1) is 0 Å². The average molecular weight is 428 g/mol. The van der Waals surface area contributed by atoms with Gasteiger partial charge >= 0.3 is 12.0 Å². The summed E-state index contributed by atoms with van der Waals surface area (Å²) in [5.74, 6) is -1.25. The number of nitrogen functional groups attached to an aromatic ring is 1. The molecular formula is C22H25FN4O4. The minimum Gasteiger partial charge on any atom is -0.481 e. The first-order valence-corrected chi connectivity index (χ1v) is 10.4. The number of rotatable bonds is 5. The van der Waals surface area contributed by atoms with Gasteiger partial charge in [-0.05, 0) is 55.2 Å². The Morgan fingerprint density at radius 2 is 2.03 bits per heavy atom. The highest BCUT2D eigenvalue weighted by Crippen LogP contribution is 2.38. The number of carboxylic acids is 1. The van der Waals surface area contributed by atoms with Gasteiger partial charge in [0.05, 0.1) is 18.5 Å². The summed E-state index contributed by atoms with van der Waals surface area (Å²) >= 11 is 0. The molecule has 8 nitrogen and oxygen atoms in total. The molecule has 1 amide bonds. The van der Waals surface area contributed by atoms with E-state index >= 15 is 4.39 Å². The normalized spacial score (nSPS) is 21.0. The monoisotopic (exact) mass is 428 g/mol. The van der Waals surface area contributed by atoms with Crippen molar-refractivity contribution < 1.29 is 23.8 Å². The number of carboxylic acid groups (broad SMARTS) is 1. The number of carbonyl (C=O) groups is 2. The number of ether oxygens (including phenoxy) is 1. The Bertz CT molecular complexity index is 1020. The molecule has 2 aromatic rings. The number of nitrogens with zero attached hydrogens (tertiary/aromatic N) is 3. The van der Waals surface area contributed by atoms with Crippen molar-refractivity contribution in [2.24, 2.45) is 5.92 Å². The van der Waals surface area contributed by atoms with Crippen LogP contribution in [0.25, 0.3) is 0 Å². The fraction of sp³-hybridized carbons (Fsp3) is 0.455. The third-order valence-corrected chi connectivity index (χ3v) is 6.25. The molecule has 1 aromatic heterocycles. The van der Waals surface area contributed by atoms with Gasteiger partial charge in [0.15, 0.2) is 0 Å². The van der Waals surface area contributed by atoms with Crippen LogP contribution in [0.5, 0.6) is 6.01 Å². The van der Waals surface area contributed by atoms with Crippen LogP contribution in [0.1, 0.15) is 59.6 Å². The quantitative estimate of drug-likeness (QED) is 0.751. The summed E-state index contributed by atoms with van der Waals surface area (Å²) in [7, 11) is 1.42. The molecule has 4 rings (SSSR count). The molecule has 164 valence electrons. The van der Waals surface area contributed by atoms with Crippen molar-refractivity contribution in [3.8, 4) is 6.01 Å². The first-order valence-electron chi connectivity index (χ1n) is 10.4. The number of nitrogens with two attached hydrogens (primary N) is 1. The van der Waals surface area contributed by atoms with E-state index in [1.54, 1.807) is 6.07 Å². The summed E-state index contributed by atoms with van der Waals surface area (Å²) in [6.45, 7) is 0.280. The van der Waals surface area contributed by atoms with Crippen molar-refractivity contribution in [3.05, 3.63) is 40.8 Å². The molecule has 1 aliphatic heterocycles. The van der Waals surface area contributed by atoms with Crippen molar-refractivity contribution in [2.45, 2.75) is 44.4 Å². The minimum atomic E-state index is -0.767. The molecule has 0 bridgehead atoms. The van der Waals surface area contributed by atoms with Crippen LogP contribution < -0.4 is 15.4 Å². The Labute approximate surface area is 179 Å². The lowest BCUT2D eigenvalue weighted by molar-refractivity contribution is -0.138. The van der Waals surface area contributed by atoms with Gasteiger partial charge in [0, 0.05) is 19.4 Å². The predicted molar refractivity (Wildman–Crippen MR) is 112 cm³/mol. The van der Waals surface area contributed by atoms with E-state index in [9.17, 15) is 9.59 Å². The second-order valence-corrected chi connectivity index (χ2v) is 8.15. The van der Waals surface area contributed by atoms with Crippen molar-refractivity contribution in [2.75, 3.05) is 24.3 Å². The molecule has 2 heterocycles. The Morgan fingerprint density at radius 1 is 1.29 bits per heavy atom. The summed E-state index contributed by atoms with van der Waals surface area (Å²) in [6, 6.07) is 5.09. The van der Waals surface area contributed by atoms with E-state index in [0.29, 0.717) is 12.1 Å². The zero-order valence-corrected chi connectivity index (χ0v) is 17.3. The smallest absolute Gasteiger partial charge is 0.318 e. The van der Waals surface area contributed by atoms with Crippen LogP contribution in [0.3, 0.4) is 0 Å². The van der Waals surface area contributed by atoms with Crippen molar-refractivity contribution in [1.82, 2.24) is 9.97 Å². The highest BCUT2D eigenvalue weighted by atomic mass is 19.1. The van der Waals surface area contributed by atoms with Gasteiger partial charge in [0.1, 0.15) is 17.2 Å². The van der Waals surface area contributed by atoms with Gasteiger partial charge in [-0.25, -0.2) is 4.39 Å². The number of halogens is 1. The Hall–Kier alpha value is -3.23. The highest BCUT2D eigenvalue weighted by Gasteiger charge is 2.32. The number of aliphatic carboxylic acids is 1. The largest absolute Gasteiger partial charge is 0.481 e. The van der Waals surface area contributed by atoms with Gasteiger partial charge in [-0.2, -0.15) is 9.97 Å². The summed E-state index contributed by atoms with van der Waals surface area (Å²) < 4.78 is 20.1. The molecule has 1 aromatic carbocycles. The van der Waals surface area contributed by atoms with Crippen LogP contribution in [0.4, 0.5) is 15.9 Å². The average Bonchev–Trinajstić information content (AvgIpc) is 2.74. The van der Waals surface area contributed by atoms with Crippen molar-refractivity contribution in [3.63, 3.8) is 0 Å². The zero-order valence-electron chi connectivity index (χ0n) is 17.3. The molecular weight excluding hydrogens is 403 g/mol. The number of aromatic nitrogens is 2. The van der Waals surface area contributed by atoms with E-state index in [2.05, 4.69) is 9.97 Å². The summed E-state index contributed by atoms with van der Waals surface area (Å²) in [4.78, 5) is 33.5. The van der Waals surface area contributed by atoms with E-state index in [-0.39, 0.29) is 47.9 Å². The topological polar surface area (TPSA) is 119 Å². The van der Waals surface area contributed by atoms with E-state index < -0.39 is 17.7 Å². The summed E-state index contributed by atoms with van der Waals surface area (Å²) in [6.07, 6.45) is 3.93. The first kappa shape index (κ1) is 21.0. The van der Waals surface area contributed by atoms with E-state index in [1.165, 1.54) is 18.1 Å². The standard InChI is InChI=1S/C22H25FN4O4/c1-31-22-25-16-8-9-27(21(30)19(16)20(24)26-22)17-7-6-14(11-15(17)23)13-4-2-12(3-5-13)10-18(28)29/h6-7,11-13H,2-5,8-10H2,1H3,(H,28,29)(H2,24,25,26). The number of amides is 1. The predicted octanol–water partition coefficient (Wildman–Crippen LogP) is 3.16. The van der Waals surface area contributed by atoms with E-state index in [1.807, 2.05) is 6.07 Å². The maximum atomic E-state index is 15.1. The van der Waals surface area contributed by atoms with Gasteiger partial charge in [0.25, 0.3) is 5.91 Å². The second-order valence-electron chi connectivity index (χ2n) is 8.15. The van der Waals surface area contributed by atoms with Crippen LogP contribution in [-0.2, 0) is 11.2 Å². The van der Waals surface area contributed by atoms with Crippen LogP contribution in [0, 0.1) is 11.7 Å². The maximum absolute atomic E-state index is 15.1. The Balaban J connectivity index is 1.52. The van der Waals surface area contributed by atoms with Gasteiger partial charge in [0.2, 0.25) is 0 Å². The molecule has 0 saturated heterocycles. The maximum Gasteiger partial charge on any atom is 0.318 e. The molecule has 1 aliphatic carbocycles. The van der Waals surface area contributed by atoms with E-state index in [4.69, 9.17) is 15.6 Å². The second kappa shape index (κ2) is 8.49. The van der Waals surface area contributed by atoms with Crippen LogP contribution in [0.15, 0.2) is 18.2 Å². The molecule has 1 saturated carbocycles. The fourth-order valence-corrected chi connectivity index (χ4v) is 4.64. The molecule has 0 radical (unpaired) electrons. The molecule has 1 fully saturated rings. The minimum absolute atomic E-state index is 0.0201. The number of methoxy groups -OCH3 is 1. The number of hydrogen-bond donors (Lipinski definition) is 2. The van der Waals surface area contributed by atoms with Gasteiger partial charge < -0.3 is 20.5 Å². The molecule has 0 atom stereocenters. The third-order valence-electron chi connectivity index (χ3n) is 6.25. The number of carbonyl (C=O) groups excluding carboxylic acids is 1. The lowest BCUT2D eigenvalue weighted by atomic mass is 9.77. The molecule has 0 spiro atoms. The highest BCUT2D eigenvalue weighted by molar-refractivity contribution is 6.10. The molecule has 2 aliphatic rings. The fourth-order valence-electron chi connectivity index (χ4n) is 4.64. The van der Waals surface area contributed by atoms with Gasteiger partial charge in [-0.1, -0.05) is 6.07 Å². The lowest BCUT2D eigenvalue weighted by Gasteiger charge is -2.30. The molecule has 9 heteroatoms. The summed E-state index contributed by atoms with van der Waals surface area (Å²) in [5, 5.41) is 8.96. The lowest BCUT2D eigenvalue weighted by Crippen LogP contribution is -2.39. The van der Waals surface area contributed by atoms with Crippen LogP contribution in [-0.4, -0.2) is 40.6 Å². The molecule has 0 unspecified atom stereocenters. The van der Waals surface area contributed by atoms with Gasteiger partial charge in [-0.3, -0.25) is 9.59 Å². The number of benzene rings is 1. The third kappa shape index (κ3) is 4.17. The molecule has 31 heavy (non-hydrogen) atoms. The van der Waals surface area contributed by atoms with Crippen molar-refractivity contribution >= 4 is 23.4 Å². The number of fused-ring (bicyclic) bond motifs is 1. The first-order chi connectivity index (χ1) is 14.9. The van der Waals surface area contributed by atoms with Crippen LogP contribution >= 0.6 is 0 Å². The SMILES string of the molecule is COc1nc(N)c2c(n1)CCN(c1ccc(C3CCC(CC(=O)O)CC3)cc1F)C2=O. The Morgan fingerprint density at radius 3 is 2.68 bits per heavy atom. The molecule has 3 N–H and O–H groups in total. The summed E-state index contributed by atoms with van der Waals surface area (Å²) in [5.41, 5.74) is 7.71. The van der Waals surface area contributed by atoms with E-state index in [0.717, 1.165) is 31.2 Å². The Kier molecular flexibility index (Phi) is 5.75.